The highest BCUT2D eigenvalue weighted by atomic mass is 35.5. The van der Waals surface area contributed by atoms with Crippen molar-refractivity contribution in [2.75, 3.05) is 13.1 Å². The Hall–Kier alpha value is -0.440. The minimum atomic E-state index is 0.240. The molecule has 1 fully saturated rings. The summed E-state index contributed by atoms with van der Waals surface area (Å²) >= 11 is 12.0. The number of halogens is 2. The van der Waals surface area contributed by atoms with Gasteiger partial charge in [0, 0.05) is 17.5 Å². The maximum Gasteiger partial charge on any atom is 0.138 e. The van der Waals surface area contributed by atoms with Gasteiger partial charge in [0.25, 0.3) is 0 Å². The molecule has 1 aliphatic heterocycles. The van der Waals surface area contributed by atoms with Crippen molar-refractivity contribution in [3.8, 4) is 5.75 Å². The Bertz CT molecular complexity index is 391. The highest BCUT2D eigenvalue weighted by Crippen LogP contribution is 2.31. The van der Waals surface area contributed by atoms with Gasteiger partial charge >= 0.3 is 0 Å². The first-order valence-electron chi connectivity index (χ1n) is 6.53. The van der Waals surface area contributed by atoms with E-state index in [4.69, 9.17) is 27.9 Å². The van der Waals surface area contributed by atoms with Gasteiger partial charge in [-0.15, -0.1) is 0 Å². The van der Waals surface area contributed by atoms with Gasteiger partial charge in [-0.2, -0.15) is 0 Å². The molecule has 0 saturated carbocycles. The van der Waals surface area contributed by atoms with Crippen molar-refractivity contribution in [2.24, 2.45) is 5.92 Å². The number of nitrogens with one attached hydrogen (secondary N) is 1. The number of hydrogen-bond acceptors (Lipinski definition) is 2. The van der Waals surface area contributed by atoms with E-state index in [9.17, 15) is 0 Å². The Morgan fingerprint density at radius 1 is 1.44 bits per heavy atom. The highest BCUT2D eigenvalue weighted by Gasteiger charge is 2.26. The molecule has 1 heterocycles. The van der Waals surface area contributed by atoms with E-state index in [0.717, 1.165) is 31.7 Å². The second-order valence-corrected chi connectivity index (χ2v) is 5.62. The van der Waals surface area contributed by atoms with Crippen molar-refractivity contribution in [1.82, 2.24) is 5.32 Å². The van der Waals surface area contributed by atoms with E-state index in [-0.39, 0.29) is 6.10 Å². The second kappa shape index (κ2) is 6.65. The molecule has 0 unspecified atom stereocenters. The van der Waals surface area contributed by atoms with Crippen LogP contribution in [0.3, 0.4) is 0 Å². The molecule has 0 aliphatic carbocycles. The maximum absolute atomic E-state index is 6.16. The van der Waals surface area contributed by atoms with Gasteiger partial charge in [0.1, 0.15) is 11.9 Å². The summed E-state index contributed by atoms with van der Waals surface area (Å²) in [6.45, 7) is 4.31. The molecule has 1 aliphatic rings. The summed E-state index contributed by atoms with van der Waals surface area (Å²) in [4.78, 5) is 0. The van der Waals surface area contributed by atoms with Crippen LogP contribution in [0.15, 0.2) is 18.2 Å². The van der Waals surface area contributed by atoms with Crippen molar-refractivity contribution < 1.29 is 4.74 Å². The first-order valence-corrected chi connectivity index (χ1v) is 7.28. The minimum absolute atomic E-state index is 0.240. The summed E-state index contributed by atoms with van der Waals surface area (Å²) in [6.07, 6.45) is 3.59. The Balaban J connectivity index is 2.07. The standard InChI is InChI=1S/C14H19Cl2NO/c1-2-3-13(10-6-7-17-9-10)18-14-5-4-11(15)8-12(14)16/h4-5,8,10,13,17H,2-3,6-7,9H2,1H3/t10-,13+/m1/s1. The molecule has 1 N–H and O–H groups in total. The normalized spacial score (nSPS) is 20.9. The summed E-state index contributed by atoms with van der Waals surface area (Å²) in [5.41, 5.74) is 0. The third kappa shape index (κ3) is 3.53. The zero-order chi connectivity index (χ0) is 13.0. The lowest BCUT2D eigenvalue weighted by Crippen LogP contribution is -2.28. The molecule has 18 heavy (non-hydrogen) atoms. The zero-order valence-electron chi connectivity index (χ0n) is 10.6. The van der Waals surface area contributed by atoms with E-state index in [1.165, 1.54) is 6.42 Å². The van der Waals surface area contributed by atoms with Crippen LogP contribution < -0.4 is 10.1 Å². The molecular weight excluding hydrogens is 269 g/mol. The molecule has 0 spiro atoms. The number of rotatable bonds is 5. The van der Waals surface area contributed by atoms with Crippen LogP contribution in [0, 0.1) is 5.92 Å². The van der Waals surface area contributed by atoms with Crippen LogP contribution in [0.4, 0.5) is 0 Å². The van der Waals surface area contributed by atoms with Gasteiger partial charge in [-0.3, -0.25) is 0 Å². The van der Waals surface area contributed by atoms with Crippen LogP contribution in [0.5, 0.6) is 5.75 Å². The lowest BCUT2D eigenvalue weighted by molar-refractivity contribution is 0.132. The number of hydrogen-bond donors (Lipinski definition) is 1. The van der Waals surface area contributed by atoms with E-state index in [1.807, 2.05) is 12.1 Å². The first-order chi connectivity index (χ1) is 8.70. The molecule has 2 nitrogen and oxygen atoms in total. The van der Waals surface area contributed by atoms with Crippen LogP contribution in [-0.4, -0.2) is 19.2 Å². The molecule has 0 aromatic heterocycles. The summed E-state index contributed by atoms with van der Waals surface area (Å²) in [6, 6.07) is 5.41. The lowest BCUT2D eigenvalue weighted by Gasteiger charge is -2.24. The quantitative estimate of drug-likeness (QED) is 0.878. The third-order valence-corrected chi connectivity index (χ3v) is 3.90. The van der Waals surface area contributed by atoms with Crippen LogP contribution in [0.2, 0.25) is 10.0 Å². The molecule has 2 rings (SSSR count). The molecule has 2 atom stereocenters. The molecule has 0 radical (unpaired) electrons. The average molecular weight is 288 g/mol. The van der Waals surface area contributed by atoms with Crippen molar-refractivity contribution >= 4 is 23.2 Å². The Morgan fingerprint density at radius 2 is 2.28 bits per heavy atom. The van der Waals surface area contributed by atoms with Gasteiger partial charge in [-0.25, -0.2) is 0 Å². The second-order valence-electron chi connectivity index (χ2n) is 4.77. The van der Waals surface area contributed by atoms with Gasteiger partial charge in [-0.05, 0) is 37.6 Å². The van der Waals surface area contributed by atoms with Crippen molar-refractivity contribution in [2.45, 2.75) is 32.3 Å². The molecule has 1 aromatic carbocycles. The number of benzene rings is 1. The monoisotopic (exact) mass is 287 g/mol. The molecule has 1 saturated heterocycles. The average Bonchev–Trinajstić information content (AvgIpc) is 2.85. The maximum atomic E-state index is 6.16. The van der Waals surface area contributed by atoms with Crippen molar-refractivity contribution in [3.05, 3.63) is 28.2 Å². The number of ether oxygens (including phenoxy) is 1. The fourth-order valence-corrected chi connectivity index (χ4v) is 2.86. The predicted octanol–water partition coefficient (Wildman–Crippen LogP) is 4.15. The molecule has 4 heteroatoms. The molecule has 1 aromatic rings. The fraction of sp³-hybridized carbons (Fsp3) is 0.571. The van der Waals surface area contributed by atoms with E-state index in [1.54, 1.807) is 6.07 Å². The van der Waals surface area contributed by atoms with Crippen LogP contribution in [0.1, 0.15) is 26.2 Å². The highest BCUT2D eigenvalue weighted by molar-refractivity contribution is 6.35. The Labute approximate surface area is 119 Å². The zero-order valence-corrected chi connectivity index (χ0v) is 12.1. The van der Waals surface area contributed by atoms with Crippen LogP contribution in [0.25, 0.3) is 0 Å². The van der Waals surface area contributed by atoms with Crippen LogP contribution >= 0.6 is 23.2 Å². The van der Waals surface area contributed by atoms with Crippen molar-refractivity contribution in [3.63, 3.8) is 0 Å². The molecule has 0 bridgehead atoms. The lowest BCUT2D eigenvalue weighted by atomic mass is 9.97. The molecule has 100 valence electrons. The van der Waals surface area contributed by atoms with Gasteiger partial charge in [0.05, 0.1) is 5.02 Å². The van der Waals surface area contributed by atoms with Gasteiger partial charge in [-0.1, -0.05) is 36.5 Å². The Morgan fingerprint density at radius 3 is 2.89 bits per heavy atom. The minimum Gasteiger partial charge on any atom is -0.489 e. The largest absolute Gasteiger partial charge is 0.489 e. The topological polar surface area (TPSA) is 21.3 Å². The van der Waals surface area contributed by atoms with E-state index < -0.39 is 0 Å². The van der Waals surface area contributed by atoms with E-state index >= 15 is 0 Å². The smallest absolute Gasteiger partial charge is 0.138 e. The van der Waals surface area contributed by atoms with Crippen LogP contribution in [-0.2, 0) is 0 Å². The molecule has 0 amide bonds. The predicted molar refractivity (Wildman–Crippen MR) is 76.8 cm³/mol. The molecular formula is C14H19Cl2NO. The third-order valence-electron chi connectivity index (χ3n) is 3.37. The fourth-order valence-electron chi connectivity index (χ4n) is 2.40. The van der Waals surface area contributed by atoms with Gasteiger partial charge in [0.2, 0.25) is 0 Å². The summed E-state index contributed by atoms with van der Waals surface area (Å²) < 4.78 is 6.09. The van der Waals surface area contributed by atoms with Gasteiger partial charge < -0.3 is 10.1 Å². The van der Waals surface area contributed by atoms with Gasteiger partial charge in [0.15, 0.2) is 0 Å². The van der Waals surface area contributed by atoms with Crippen molar-refractivity contribution in [1.29, 1.82) is 0 Å². The summed E-state index contributed by atoms with van der Waals surface area (Å²) in [5.74, 6) is 1.32. The van der Waals surface area contributed by atoms with E-state index in [0.29, 0.717) is 16.0 Å². The first kappa shape index (κ1) is 14.0. The Kier molecular flexibility index (Phi) is 5.16. The SMILES string of the molecule is CCC[C@H](Oc1ccc(Cl)cc1Cl)[C@@H]1CCNC1. The van der Waals surface area contributed by atoms with E-state index in [2.05, 4.69) is 12.2 Å². The summed E-state index contributed by atoms with van der Waals surface area (Å²) in [7, 11) is 0. The summed E-state index contributed by atoms with van der Waals surface area (Å²) in [5, 5.41) is 4.62.